The van der Waals surface area contributed by atoms with Gasteiger partial charge in [0, 0.05) is 37.9 Å². The number of anilines is 1. The topological polar surface area (TPSA) is 82.2 Å². The van der Waals surface area contributed by atoms with Crippen LogP contribution in [0.25, 0.3) is 6.08 Å². The third-order valence-corrected chi connectivity index (χ3v) is 5.13. The van der Waals surface area contributed by atoms with Crippen molar-refractivity contribution in [3.63, 3.8) is 0 Å². The lowest BCUT2D eigenvalue weighted by atomic mass is 9.98. The fourth-order valence-electron chi connectivity index (χ4n) is 3.50. The summed E-state index contributed by atoms with van der Waals surface area (Å²) in [5.74, 6) is 0.217. The molecule has 5 nitrogen and oxygen atoms in total. The SMILES string of the molecule is Cc1cc(C(=O)N2CCCC2)c(C)cc1C=CCNc1cccc(C(=N)N)c1.[HH]. The van der Waals surface area contributed by atoms with Crippen molar-refractivity contribution in [2.24, 2.45) is 5.73 Å². The number of benzene rings is 2. The van der Waals surface area contributed by atoms with Gasteiger partial charge in [-0.15, -0.1) is 0 Å². The number of aryl methyl sites for hydroxylation is 2. The monoisotopic (exact) mass is 378 g/mol. The highest BCUT2D eigenvalue weighted by Crippen LogP contribution is 2.21. The highest BCUT2D eigenvalue weighted by atomic mass is 16.2. The molecule has 0 saturated carbocycles. The molecule has 1 aliphatic rings. The lowest BCUT2D eigenvalue weighted by molar-refractivity contribution is 0.0792. The number of hydrogen-bond donors (Lipinski definition) is 3. The minimum absolute atomic E-state index is 0. The number of hydrogen-bond acceptors (Lipinski definition) is 3. The van der Waals surface area contributed by atoms with Crippen LogP contribution >= 0.6 is 0 Å². The Labute approximate surface area is 168 Å². The molecule has 2 aromatic carbocycles. The van der Waals surface area contributed by atoms with Crippen molar-refractivity contribution >= 4 is 23.5 Å². The molecule has 0 radical (unpaired) electrons. The third-order valence-electron chi connectivity index (χ3n) is 5.13. The first-order chi connectivity index (χ1) is 13.5. The van der Waals surface area contributed by atoms with Gasteiger partial charge in [0.1, 0.15) is 5.84 Å². The molecule has 0 aliphatic carbocycles. The Morgan fingerprint density at radius 2 is 1.96 bits per heavy atom. The van der Waals surface area contributed by atoms with Crippen LogP contribution in [-0.4, -0.2) is 36.3 Å². The molecule has 5 heteroatoms. The van der Waals surface area contributed by atoms with Gasteiger partial charge in [-0.1, -0.05) is 30.4 Å². The second-order valence-electron chi connectivity index (χ2n) is 7.30. The van der Waals surface area contributed by atoms with E-state index in [0.29, 0.717) is 12.1 Å². The first-order valence-electron chi connectivity index (χ1n) is 9.71. The molecule has 0 unspecified atom stereocenters. The Balaban J connectivity index is 0.00000300. The van der Waals surface area contributed by atoms with E-state index in [4.69, 9.17) is 11.1 Å². The summed E-state index contributed by atoms with van der Waals surface area (Å²) in [4.78, 5) is 14.7. The first-order valence-corrected chi connectivity index (χ1v) is 9.71. The summed E-state index contributed by atoms with van der Waals surface area (Å²) in [6.45, 7) is 6.45. The molecule has 148 valence electrons. The standard InChI is InChI=1S/C23H28N4O.H2/c1-16-14-21(23(28)27-11-3-4-12-27)17(2)13-18(16)8-6-10-26-20-9-5-7-19(15-20)22(24)25;/h5-9,13-15,26H,3-4,10-12H2,1-2H3,(H3,24,25);1H. The zero-order valence-corrected chi connectivity index (χ0v) is 16.6. The van der Waals surface area contributed by atoms with E-state index in [2.05, 4.69) is 23.5 Å². The lowest BCUT2D eigenvalue weighted by Gasteiger charge is -2.18. The van der Waals surface area contributed by atoms with Crippen LogP contribution in [0.4, 0.5) is 5.69 Å². The van der Waals surface area contributed by atoms with E-state index >= 15 is 0 Å². The Morgan fingerprint density at radius 3 is 2.68 bits per heavy atom. The molecule has 1 heterocycles. The molecule has 0 aromatic heterocycles. The van der Waals surface area contributed by atoms with Crippen LogP contribution in [0.3, 0.4) is 0 Å². The molecule has 0 spiro atoms. The predicted molar refractivity (Wildman–Crippen MR) is 118 cm³/mol. The number of nitrogens with two attached hydrogens (primary N) is 1. The Kier molecular flexibility index (Phi) is 6.14. The quantitative estimate of drug-likeness (QED) is 0.520. The summed E-state index contributed by atoms with van der Waals surface area (Å²) >= 11 is 0. The molecular weight excluding hydrogens is 348 g/mol. The Hall–Kier alpha value is -3.08. The average Bonchev–Trinajstić information content (AvgIpc) is 3.22. The highest BCUT2D eigenvalue weighted by molar-refractivity contribution is 5.96. The predicted octanol–water partition coefficient (Wildman–Crippen LogP) is 4.19. The summed E-state index contributed by atoms with van der Waals surface area (Å²) in [7, 11) is 0. The molecule has 1 fully saturated rings. The minimum atomic E-state index is 0. The molecule has 0 bridgehead atoms. The van der Waals surface area contributed by atoms with Gasteiger partial charge in [0.2, 0.25) is 0 Å². The minimum Gasteiger partial charge on any atom is -0.384 e. The van der Waals surface area contributed by atoms with Gasteiger partial charge in [0.15, 0.2) is 0 Å². The highest BCUT2D eigenvalue weighted by Gasteiger charge is 2.21. The second kappa shape index (κ2) is 8.74. The van der Waals surface area contributed by atoms with E-state index in [1.54, 1.807) is 0 Å². The van der Waals surface area contributed by atoms with E-state index in [0.717, 1.165) is 53.9 Å². The van der Waals surface area contributed by atoms with Gasteiger partial charge >= 0.3 is 0 Å². The number of likely N-dealkylation sites (tertiary alicyclic amines) is 1. The zero-order chi connectivity index (χ0) is 20.1. The molecule has 1 aliphatic heterocycles. The van der Waals surface area contributed by atoms with Crippen molar-refractivity contribution in [2.45, 2.75) is 26.7 Å². The van der Waals surface area contributed by atoms with Crippen LogP contribution in [-0.2, 0) is 0 Å². The second-order valence-corrected chi connectivity index (χ2v) is 7.30. The summed E-state index contributed by atoms with van der Waals surface area (Å²) in [6.07, 6.45) is 6.35. The van der Waals surface area contributed by atoms with Gasteiger partial charge < -0.3 is 16.0 Å². The maximum atomic E-state index is 12.7. The van der Waals surface area contributed by atoms with Gasteiger partial charge in [0.25, 0.3) is 5.91 Å². The molecule has 2 aromatic rings. The first kappa shape index (κ1) is 19.7. The van der Waals surface area contributed by atoms with E-state index in [1.165, 1.54) is 0 Å². The number of nitrogens with one attached hydrogen (secondary N) is 2. The van der Waals surface area contributed by atoms with Crippen LogP contribution < -0.4 is 11.1 Å². The Bertz CT molecular complexity index is 917. The summed E-state index contributed by atoms with van der Waals surface area (Å²) in [5, 5.41) is 10.8. The van der Waals surface area contributed by atoms with Gasteiger partial charge in [-0.25, -0.2) is 0 Å². The van der Waals surface area contributed by atoms with Gasteiger partial charge in [-0.2, -0.15) is 0 Å². The number of carbonyl (C=O) groups is 1. The fourth-order valence-corrected chi connectivity index (χ4v) is 3.50. The normalized spacial score (nSPS) is 13.9. The van der Waals surface area contributed by atoms with Crippen molar-refractivity contribution in [1.82, 2.24) is 4.90 Å². The van der Waals surface area contributed by atoms with Crippen molar-refractivity contribution in [1.29, 1.82) is 5.41 Å². The molecule has 28 heavy (non-hydrogen) atoms. The lowest BCUT2D eigenvalue weighted by Crippen LogP contribution is -2.28. The van der Waals surface area contributed by atoms with Crippen LogP contribution in [0.5, 0.6) is 0 Å². The number of carbonyl (C=O) groups excluding carboxylic acids is 1. The molecule has 1 saturated heterocycles. The molecule has 3 rings (SSSR count). The molecule has 4 N–H and O–H groups in total. The average molecular weight is 379 g/mol. The number of nitrogen functional groups attached to an aromatic ring is 1. The van der Waals surface area contributed by atoms with E-state index in [9.17, 15) is 4.79 Å². The van der Waals surface area contributed by atoms with E-state index < -0.39 is 0 Å². The van der Waals surface area contributed by atoms with E-state index in [1.807, 2.05) is 49.1 Å². The summed E-state index contributed by atoms with van der Waals surface area (Å²) < 4.78 is 0. The van der Waals surface area contributed by atoms with Crippen molar-refractivity contribution in [3.8, 4) is 0 Å². The van der Waals surface area contributed by atoms with Crippen molar-refractivity contribution < 1.29 is 6.22 Å². The number of amides is 1. The third kappa shape index (κ3) is 4.60. The maximum Gasteiger partial charge on any atom is 0.254 e. The molecular formula is C23H30N4O. The number of nitrogens with zero attached hydrogens (tertiary/aromatic N) is 1. The smallest absolute Gasteiger partial charge is 0.254 e. The maximum absolute atomic E-state index is 12.7. The van der Waals surface area contributed by atoms with Crippen LogP contribution in [0, 0.1) is 19.3 Å². The van der Waals surface area contributed by atoms with E-state index in [-0.39, 0.29) is 13.2 Å². The Morgan fingerprint density at radius 1 is 1.21 bits per heavy atom. The largest absolute Gasteiger partial charge is 0.384 e. The zero-order valence-electron chi connectivity index (χ0n) is 16.6. The fraction of sp³-hybridized carbons (Fsp3) is 0.304. The number of rotatable bonds is 6. The van der Waals surface area contributed by atoms with Gasteiger partial charge in [-0.3, -0.25) is 10.2 Å². The van der Waals surface area contributed by atoms with Gasteiger partial charge in [0.05, 0.1) is 0 Å². The van der Waals surface area contributed by atoms with Crippen molar-refractivity contribution in [3.05, 3.63) is 70.3 Å². The van der Waals surface area contributed by atoms with Crippen LogP contribution in [0.2, 0.25) is 0 Å². The number of amidine groups is 1. The summed E-state index contributed by atoms with van der Waals surface area (Å²) in [6, 6.07) is 11.6. The molecule has 1 amide bonds. The van der Waals surface area contributed by atoms with Crippen molar-refractivity contribution in [2.75, 3.05) is 25.0 Å². The molecule has 0 atom stereocenters. The van der Waals surface area contributed by atoms with Crippen LogP contribution in [0.15, 0.2) is 42.5 Å². The van der Waals surface area contributed by atoms with Gasteiger partial charge in [-0.05, 0) is 61.6 Å². The summed E-state index contributed by atoms with van der Waals surface area (Å²) in [5.41, 5.74) is 11.2. The van der Waals surface area contributed by atoms with Crippen LogP contribution in [0.1, 0.15) is 46.9 Å².